The van der Waals surface area contributed by atoms with Crippen molar-refractivity contribution in [3.05, 3.63) is 30.9 Å². The van der Waals surface area contributed by atoms with Gasteiger partial charge in [-0.25, -0.2) is 4.98 Å². The Bertz CT molecular complexity index is 252. The van der Waals surface area contributed by atoms with Crippen LogP contribution in [-0.4, -0.2) is 14.8 Å². The van der Waals surface area contributed by atoms with E-state index in [9.17, 15) is 0 Å². The molecule has 0 bridgehead atoms. The second-order valence-corrected chi connectivity index (χ2v) is 1.77. The topological polar surface area (TPSA) is 43.9 Å². The fourth-order valence-corrected chi connectivity index (χ4v) is 0.711. The van der Waals surface area contributed by atoms with Gasteiger partial charge in [-0.15, -0.1) is 0 Å². The molecule has 0 aliphatic carbocycles. The average Bonchev–Trinajstić information content (AvgIpc) is 2.59. The smallest absolute Gasteiger partial charge is 0.322 e. The molecule has 0 unspecified atom stereocenters. The maximum atomic E-state index is 4.97. The lowest BCUT2D eigenvalue weighted by molar-refractivity contribution is 0.510. The molecule has 4 heteroatoms. The Labute approximate surface area is 57.1 Å². The third-order valence-electron chi connectivity index (χ3n) is 1.12. The lowest BCUT2D eigenvalue weighted by Crippen LogP contribution is -1.92. The highest BCUT2D eigenvalue weighted by molar-refractivity contribution is 5.01. The molecule has 0 saturated heterocycles. The molecule has 2 rings (SSSR count). The first kappa shape index (κ1) is 5.22. The van der Waals surface area contributed by atoms with Crippen molar-refractivity contribution in [1.82, 2.24) is 14.8 Å². The van der Waals surface area contributed by atoms with Crippen molar-refractivity contribution in [3.63, 3.8) is 0 Å². The second kappa shape index (κ2) is 1.98. The molecular formula is C6H5N3O. The molecule has 50 valence electrons. The van der Waals surface area contributed by atoms with E-state index < -0.39 is 0 Å². The van der Waals surface area contributed by atoms with Gasteiger partial charge in [0.15, 0.2) is 0 Å². The van der Waals surface area contributed by atoms with Crippen LogP contribution in [0.3, 0.4) is 0 Å². The van der Waals surface area contributed by atoms with Crippen LogP contribution in [0.5, 0.6) is 0 Å². The van der Waals surface area contributed by atoms with Gasteiger partial charge < -0.3 is 4.42 Å². The van der Waals surface area contributed by atoms with Crippen molar-refractivity contribution >= 4 is 0 Å². The first-order chi connectivity index (χ1) is 4.97. The van der Waals surface area contributed by atoms with Crippen molar-refractivity contribution < 1.29 is 4.42 Å². The Morgan fingerprint density at radius 2 is 2.40 bits per heavy atom. The predicted molar refractivity (Wildman–Crippen MR) is 33.6 cm³/mol. The number of rotatable bonds is 1. The molecule has 4 nitrogen and oxygen atoms in total. The number of aromatic nitrogens is 3. The van der Waals surface area contributed by atoms with Crippen molar-refractivity contribution in [2.75, 3.05) is 0 Å². The minimum atomic E-state index is 0.491. The van der Waals surface area contributed by atoms with E-state index in [0.29, 0.717) is 6.01 Å². The van der Waals surface area contributed by atoms with Gasteiger partial charge >= 0.3 is 6.01 Å². The van der Waals surface area contributed by atoms with Gasteiger partial charge in [0.05, 0.1) is 6.20 Å². The average molecular weight is 135 g/mol. The van der Waals surface area contributed by atoms with E-state index in [0.717, 1.165) is 0 Å². The van der Waals surface area contributed by atoms with Crippen molar-refractivity contribution in [1.29, 1.82) is 0 Å². The number of oxazole rings is 1. The SMILES string of the molecule is c1cnn(-c2ncco2)c1. The van der Waals surface area contributed by atoms with Crippen molar-refractivity contribution in [2.45, 2.75) is 0 Å². The normalized spacial score (nSPS) is 10.0. The summed E-state index contributed by atoms with van der Waals surface area (Å²) in [5.74, 6) is 0. The molecule has 0 aromatic carbocycles. The van der Waals surface area contributed by atoms with Crippen LogP contribution in [0.25, 0.3) is 6.01 Å². The molecule has 0 aliphatic heterocycles. The molecule has 0 aliphatic rings. The Morgan fingerprint density at radius 3 is 3.00 bits per heavy atom. The zero-order valence-electron chi connectivity index (χ0n) is 5.14. The summed E-state index contributed by atoms with van der Waals surface area (Å²) >= 11 is 0. The molecule has 10 heavy (non-hydrogen) atoms. The van der Waals surface area contributed by atoms with Gasteiger partial charge in [0.1, 0.15) is 6.26 Å². The third-order valence-corrected chi connectivity index (χ3v) is 1.12. The van der Waals surface area contributed by atoms with Crippen LogP contribution in [-0.2, 0) is 0 Å². The minimum absolute atomic E-state index is 0.491. The Kier molecular flexibility index (Phi) is 1.04. The lowest BCUT2D eigenvalue weighted by Gasteiger charge is -1.88. The Balaban J connectivity index is 2.48. The number of hydrogen-bond acceptors (Lipinski definition) is 3. The first-order valence-corrected chi connectivity index (χ1v) is 2.86. The molecule has 0 spiro atoms. The summed E-state index contributed by atoms with van der Waals surface area (Å²) < 4.78 is 6.52. The van der Waals surface area contributed by atoms with Crippen LogP contribution in [0.15, 0.2) is 35.3 Å². The van der Waals surface area contributed by atoms with Crippen LogP contribution < -0.4 is 0 Å². The van der Waals surface area contributed by atoms with E-state index in [1.165, 1.54) is 6.26 Å². The summed E-state index contributed by atoms with van der Waals surface area (Å²) in [4.78, 5) is 3.89. The highest BCUT2D eigenvalue weighted by Gasteiger charge is 1.96. The largest absolute Gasteiger partial charge is 0.431 e. The summed E-state index contributed by atoms with van der Waals surface area (Å²) in [6.45, 7) is 0. The van der Waals surface area contributed by atoms with E-state index >= 15 is 0 Å². The van der Waals surface area contributed by atoms with E-state index in [4.69, 9.17) is 4.42 Å². The fourth-order valence-electron chi connectivity index (χ4n) is 0.711. The van der Waals surface area contributed by atoms with E-state index in [2.05, 4.69) is 10.1 Å². The van der Waals surface area contributed by atoms with Gasteiger partial charge in [0.25, 0.3) is 0 Å². The van der Waals surface area contributed by atoms with Crippen LogP contribution >= 0.6 is 0 Å². The van der Waals surface area contributed by atoms with Crippen LogP contribution in [0.2, 0.25) is 0 Å². The molecule has 2 heterocycles. The minimum Gasteiger partial charge on any atom is -0.431 e. The molecule has 2 aromatic rings. The summed E-state index contributed by atoms with van der Waals surface area (Å²) in [7, 11) is 0. The van der Waals surface area contributed by atoms with Gasteiger partial charge in [-0.3, -0.25) is 0 Å². The van der Waals surface area contributed by atoms with Gasteiger partial charge in [0.2, 0.25) is 0 Å². The monoisotopic (exact) mass is 135 g/mol. The van der Waals surface area contributed by atoms with Gasteiger partial charge in [-0.2, -0.15) is 9.78 Å². The summed E-state index contributed by atoms with van der Waals surface area (Å²) in [5.41, 5.74) is 0. The molecule has 0 saturated carbocycles. The molecule has 0 N–H and O–H groups in total. The second-order valence-electron chi connectivity index (χ2n) is 1.77. The highest BCUT2D eigenvalue weighted by Crippen LogP contribution is 1.99. The molecule has 0 fully saturated rings. The highest BCUT2D eigenvalue weighted by atomic mass is 16.4. The van der Waals surface area contributed by atoms with Crippen LogP contribution in [0, 0.1) is 0 Å². The first-order valence-electron chi connectivity index (χ1n) is 2.86. The standard InChI is InChI=1S/C6H5N3O/c1-2-8-9(4-1)6-7-3-5-10-6/h1-5H. The Morgan fingerprint density at radius 1 is 1.40 bits per heavy atom. The summed E-state index contributed by atoms with van der Waals surface area (Å²) in [5, 5.41) is 3.92. The van der Waals surface area contributed by atoms with E-state index in [1.54, 1.807) is 23.3 Å². The maximum Gasteiger partial charge on any atom is 0.322 e. The van der Waals surface area contributed by atoms with Gasteiger partial charge in [-0.1, -0.05) is 0 Å². The third kappa shape index (κ3) is 0.699. The summed E-state index contributed by atoms with van der Waals surface area (Å²) in [6.07, 6.45) is 6.53. The lowest BCUT2D eigenvalue weighted by atomic mass is 10.8. The molecule has 0 radical (unpaired) electrons. The van der Waals surface area contributed by atoms with Crippen LogP contribution in [0.4, 0.5) is 0 Å². The predicted octanol–water partition coefficient (Wildman–Crippen LogP) is 0.860. The van der Waals surface area contributed by atoms with Crippen molar-refractivity contribution in [3.8, 4) is 6.01 Å². The van der Waals surface area contributed by atoms with E-state index in [1.807, 2.05) is 6.07 Å². The zero-order chi connectivity index (χ0) is 6.81. The zero-order valence-corrected chi connectivity index (χ0v) is 5.14. The number of nitrogens with zero attached hydrogens (tertiary/aromatic N) is 3. The van der Waals surface area contributed by atoms with Crippen LogP contribution in [0.1, 0.15) is 0 Å². The van der Waals surface area contributed by atoms with Crippen molar-refractivity contribution in [2.24, 2.45) is 0 Å². The molecule has 0 amide bonds. The Hall–Kier alpha value is -1.58. The molecular weight excluding hydrogens is 130 g/mol. The molecule has 2 aromatic heterocycles. The number of hydrogen-bond donors (Lipinski definition) is 0. The fraction of sp³-hybridized carbons (Fsp3) is 0. The van der Waals surface area contributed by atoms with Gasteiger partial charge in [0, 0.05) is 12.4 Å². The molecule has 0 atom stereocenters. The summed E-state index contributed by atoms with van der Waals surface area (Å²) in [6, 6.07) is 2.30. The maximum absolute atomic E-state index is 4.97. The van der Waals surface area contributed by atoms with Gasteiger partial charge in [-0.05, 0) is 6.07 Å². The quantitative estimate of drug-likeness (QED) is 0.582. The van der Waals surface area contributed by atoms with E-state index in [-0.39, 0.29) is 0 Å².